The molecule has 1 saturated carbocycles. The second kappa shape index (κ2) is 3.15. The van der Waals surface area contributed by atoms with Crippen molar-refractivity contribution in [1.29, 1.82) is 0 Å². The Bertz CT molecular complexity index is 507. The molecule has 2 unspecified atom stereocenters. The van der Waals surface area contributed by atoms with Gasteiger partial charge >= 0.3 is 0 Å². The summed E-state index contributed by atoms with van der Waals surface area (Å²) in [4.78, 5) is 10.1. The van der Waals surface area contributed by atoms with Crippen LogP contribution in [-0.2, 0) is 0 Å². The van der Waals surface area contributed by atoms with Crippen LogP contribution in [0.25, 0.3) is 10.2 Å². The molecule has 0 aliphatic heterocycles. The molecular formula is C10H12N4S. The predicted octanol–water partition coefficient (Wildman–Crippen LogP) is 2.10. The quantitative estimate of drug-likeness (QED) is 0.601. The SMILES string of the molecule is CC1CC1c1nc(NN)c2ccsc2n1. The van der Waals surface area contributed by atoms with Gasteiger partial charge in [-0.25, -0.2) is 15.8 Å². The van der Waals surface area contributed by atoms with E-state index in [-0.39, 0.29) is 0 Å². The Kier molecular flexibility index (Phi) is 1.90. The molecule has 0 aromatic carbocycles. The van der Waals surface area contributed by atoms with Crippen molar-refractivity contribution < 1.29 is 0 Å². The number of hydrogen-bond acceptors (Lipinski definition) is 5. The molecule has 1 aliphatic carbocycles. The van der Waals surface area contributed by atoms with Crippen molar-refractivity contribution in [1.82, 2.24) is 9.97 Å². The molecular weight excluding hydrogens is 208 g/mol. The molecule has 0 spiro atoms. The highest BCUT2D eigenvalue weighted by Gasteiger charge is 2.37. The Hall–Kier alpha value is -1.20. The van der Waals surface area contributed by atoms with Crippen LogP contribution in [0.2, 0.25) is 0 Å². The number of rotatable bonds is 2. The number of nitrogen functional groups attached to an aromatic ring is 1. The summed E-state index contributed by atoms with van der Waals surface area (Å²) in [6, 6.07) is 2.00. The molecule has 2 aromatic rings. The normalized spacial score (nSPS) is 24.4. The number of aromatic nitrogens is 2. The summed E-state index contributed by atoms with van der Waals surface area (Å²) in [5, 5.41) is 3.03. The van der Waals surface area contributed by atoms with Crippen molar-refractivity contribution in [2.24, 2.45) is 11.8 Å². The van der Waals surface area contributed by atoms with Gasteiger partial charge in [0.1, 0.15) is 10.7 Å². The van der Waals surface area contributed by atoms with Gasteiger partial charge < -0.3 is 5.43 Å². The fraction of sp³-hybridized carbons (Fsp3) is 0.400. The van der Waals surface area contributed by atoms with Gasteiger partial charge in [0.05, 0.1) is 5.39 Å². The highest BCUT2D eigenvalue weighted by molar-refractivity contribution is 7.16. The molecule has 3 N–H and O–H groups in total. The molecule has 5 heteroatoms. The van der Waals surface area contributed by atoms with Gasteiger partial charge in [-0.3, -0.25) is 0 Å². The maximum Gasteiger partial charge on any atom is 0.152 e. The zero-order valence-corrected chi connectivity index (χ0v) is 9.21. The lowest BCUT2D eigenvalue weighted by atomic mass is 10.3. The molecule has 0 amide bonds. The molecule has 3 rings (SSSR count). The molecule has 0 radical (unpaired) electrons. The molecule has 78 valence electrons. The maximum atomic E-state index is 5.46. The van der Waals surface area contributed by atoms with Gasteiger partial charge in [0.2, 0.25) is 0 Å². The van der Waals surface area contributed by atoms with Crippen molar-refractivity contribution in [3.05, 3.63) is 17.3 Å². The minimum atomic E-state index is 0.531. The molecule has 1 fully saturated rings. The number of anilines is 1. The Morgan fingerprint density at radius 1 is 1.53 bits per heavy atom. The monoisotopic (exact) mass is 220 g/mol. The summed E-state index contributed by atoms with van der Waals surface area (Å²) < 4.78 is 0. The van der Waals surface area contributed by atoms with Crippen molar-refractivity contribution in [2.75, 3.05) is 5.43 Å². The number of fused-ring (bicyclic) bond motifs is 1. The Balaban J connectivity index is 2.16. The summed E-state index contributed by atoms with van der Waals surface area (Å²) in [5.74, 6) is 8.39. The van der Waals surface area contributed by atoms with E-state index < -0.39 is 0 Å². The molecule has 0 bridgehead atoms. The molecule has 15 heavy (non-hydrogen) atoms. The Morgan fingerprint density at radius 2 is 2.33 bits per heavy atom. The average molecular weight is 220 g/mol. The second-order valence-corrected chi connectivity index (χ2v) is 4.93. The summed E-state index contributed by atoms with van der Waals surface area (Å²) in [6.45, 7) is 2.22. The van der Waals surface area contributed by atoms with E-state index in [0.29, 0.717) is 11.8 Å². The van der Waals surface area contributed by atoms with Gasteiger partial charge in [-0.05, 0) is 23.8 Å². The zero-order chi connectivity index (χ0) is 10.4. The first-order chi connectivity index (χ1) is 7.29. The first-order valence-corrected chi connectivity index (χ1v) is 5.89. The van der Waals surface area contributed by atoms with Crippen molar-refractivity contribution >= 4 is 27.4 Å². The lowest BCUT2D eigenvalue weighted by Crippen LogP contribution is -2.10. The van der Waals surface area contributed by atoms with Gasteiger partial charge in [0.15, 0.2) is 5.82 Å². The number of thiophene rings is 1. The molecule has 1 aliphatic rings. The third kappa shape index (κ3) is 1.39. The highest BCUT2D eigenvalue weighted by atomic mass is 32.1. The van der Waals surface area contributed by atoms with E-state index in [1.54, 1.807) is 11.3 Å². The first-order valence-electron chi connectivity index (χ1n) is 5.01. The Labute approximate surface area is 91.5 Å². The summed E-state index contributed by atoms with van der Waals surface area (Å²) in [7, 11) is 0. The van der Waals surface area contributed by atoms with Crippen molar-refractivity contribution in [2.45, 2.75) is 19.3 Å². The number of nitrogens with zero attached hydrogens (tertiary/aromatic N) is 2. The second-order valence-electron chi connectivity index (χ2n) is 4.03. The summed E-state index contributed by atoms with van der Waals surface area (Å²) in [5.41, 5.74) is 2.65. The predicted molar refractivity (Wildman–Crippen MR) is 61.7 cm³/mol. The highest BCUT2D eigenvalue weighted by Crippen LogP contribution is 2.46. The number of hydrazine groups is 1. The van der Waals surface area contributed by atoms with E-state index in [9.17, 15) is 0 Å². The molecule has 0 saturated heterocycles. The van der Waals surface area contributed by atoms with E-state index in [0.717, 1.165) is 21.9 Å². The maximum absolute atomic E-state index is 5.46. The lowest BCUT2D eigenvalue weighted by molar-refractivity contribution is 0.853. The average Bonchev–Trinajstić information content (AvgIpc) is 2.79. The van der Waals surface area contributed by atoms with Crippen molar-refractivity contribution in [3.63, 3.8) is 0 Å². The first kappa shape index (κ1) is 9.06. The third-order valence-electron chi connectivity index (χ3n) is 2.92. The van der Waals surface area contributed by atoms with E-state index in [1.807, 2.05) is 11.4 Å². The number of hydrogen-bond donors (Lipinski definition) is 2. The smallest absolute Gasteiger partial charge is 0.152 e. The van der Waals surface area contributed by atoms with E-state index >= 15 is 0 Å². The number of nitrogens with one attached hydrogen (secondary N) is 1. The Morgan fingerprint density at radius 3 is 3.00 bits per heavy atom. The fourth-order valence-electron chi connectivity index (χ4n) is 1.83. The molecule has 2 aromatic heterocycles. The standard InChI is InChI=1S/C10H12N4S/c1-5-4-7(5)8-12-9(14-11)6-2-3-15-10(6)13-8/h2-3,5,7H,4,11H2,1H3,(H,12,13,14). The van der Waals surface area contributed by atoms with Crippen LogP contribution < -0.4 is 11.3 Å². The zero-order valence-electron chi connectivity index (χ0n) is 8.40. The molecule has 2 atom stereocenters. The molecule has 4 nitrogen and oxygen atoms in total. The largest absolute Gasteiger partial charge is 0.308 e. The van der Waals surface area contributed by atoms with Gasteiger partial charge in [0, 0.05) is 5.92 Å². The van der Waals surface area contributed by atoms with Crippen LogP contribution in [0.3, 0.4) is 0 Å². The van der Waals surface area contributed by atoms with Crippen molar-refractivity contribution in [3.8, 4) is 0 Å². The minimum absolute atomic E-state index is 0.531. The number of nitrogens with two attached hydrogens (primary N) is 1. The lowest BCUT2D eigenvalue weighted by Gasteiger charge is -2.03. The van der Waals surface area contributed by atoms with Gasteiger partial charge in [-0.2, -0.15) is 0 Å². The fourth-order valence-corrected chi connectivity index (χ4v) is 2.60. The summed E-state index contributed by atoms with van der Waals surface area (Å²) >= 11 is 1.63. The molecule has 2 heterocycles. The third-order valence-corrected chi connectivity index (χ3v) is 3.73. The van der Waals surface area contributed by atoms with E-state index in [4.69, 9.17) is 5.84 Å². The minimum Gasteiger partial charge on any atom is -0.308 e. The van der Waals surface area contributed by atoms with Gasteiger partial charge in [-0.15, -0.1) is 11.3 Å². The van der Waals surface area contributed by atoms with Crippen LogP contribution in [-0.4, -0.2) is 9.97 Å². The van der Waals surface area contributed by atoms with Crippen LogP contribution >= 0.6 is 11.3 Å². The summed E-state index contributed by atoms with van der Waals surface area (Å²) in [6.07, 6.45) is 1.20. The van der Waals surface area contributed by atoms with Gasteiger partial charge in [0.25, 0.3) is 0 Å². The van der Waals surface area contributed by atoms with Crippen LogP contribution in [0.1, 0.15) is 25.1 Å². The topological polar surface area (TPSA) is 63.8 Å². The van der Waals surface area contributed by atoms with Crippen LogP contribution in [0, 0.1) is 5.92 Å². The van der Waals surface area contributed by atoms with E-state index in [2.05, 4.69) is 22.3 Å². The van der Waals surface area contributed by atoms with Crippen LogP contribution in [0.4, 0.5) is 5.82 Å². The van der Waals surface area contributed by atoms with E-state index in [1.165, 1.54) is 6.42 Å². The van der Waals surface area contributed by atoms with Crippen LogP contribution in [0.15, 0.2) is 11.4 Å². The van der Waals surface area contributed by atoms with Crippen LogP contribution in [0.5, 0.6) is 0 Å². The van der Waals surface area contributed by atoms with Gasteiger partial charge in [-0.1, -0.05) is 6.92 Å².